The minimum absolute atomic E-state index is 0.584. The minimum atomic E-state index is 0.584. The molecule has 124 valence electrons. The standard InChI is InChI=1S/C17H24N4O2/c1-5-23-16-10-14(6-7-15(16)22-4)20-17(18-2)19-11-13-8-9-21(3)12-13/h6-10,12H,5,11H2,1-4H3,(H2,18,19,20). The molecule has 0 unspecified atom stereocenters. The molecular formula is C17H24N4O2. The Labute approximate surface area is 137 Å². The van der Waals surface area contributed by atoms with Gasteiger partial charge in [-0.25, -0.2) is 0 Å². The average Bonchev–Trinajstić information content (AvgIpc) is 2.97. The maximum Gasteiger partial charge on any atom is 0.195 e. The molecule has 0 aliphatic rings. The highest BCUT2D eigenvalue weighted by atomic mass is 16.5. The Morgan fingerprint density at radius 1 is 1.26 bits per heavy atom. The van der Waals surface area contributed by atoms with Gasteiger partial charge in [-0.05, 0) is 30.7 Å². The van der Waals surface area contributed by atoms with E-state index in [1.807, 2.05) is 42.9 Å². The molecule has 0 bridgehead atoms. The van der Waals surface area contributed by atoms with E-state index >= 15 is 0 Å². The van der Waals surface area contributed by atoms with Crippen LogP contribution in [0.5, 0.6) is 11.5 Å². The Morgan fingerprint density at radius 3 is 2.70 bits per heavy atom. The van der Waals surface area contributed by atoms with Gasteiger partial charge in [0.2, 0.25) is 0 Å². The van der Waals surface area contributed by atoms with Crippen LogP contribution in [0.4, 0.5) is 5.69 Å². The van der Waals surface area contributed by atoms with Gasteiger partial charge < -0.3 is 24.7 Å². The number of aromatic nitrogens is 1. The van der Waals surface area contributed by atoms with Gasteiger partial charge in [-0.1, -0.05) is 0 Å². The Balaban J connectivity index is 2.02. The molecule has 0 radical (unpaired) electrons. The Morgan fingerprint density at radius 2 is 2.09 bits per heavy atom. The average molecular weight is 316 g/mol. The topological polar surface area (TPSA) is 59.8 Å². The van der Waals surface area contributed by atoms with Crippen LogP contribution < -0.4 is 20.1 Å². The summed E-state index contributed by atoms with van der Waals surface area (Å²) in [6.07, 6.45) is 4.09. The van der Waals surface area contributed by atoms with E-state index in [-0.39, 0.29) is 0 Å². The van der Waals surface area contributed by atoms with Crippen LogP contribution in [0.1, 0.15) is 12.5 Å². The number of aliphatic imine (C=N–C) groups is 1. The second kappa shape index (κ2) is 8.12. The lowest BCUT2D eigenvalue weighted by Gasteiger charge is -2.14. The van der Waals surface area contributed by atoms with Crippen LogP contribution in [0.15, 0.2) is 41.7 Å². The molecule has 0 spiro atoms. The third kappa shape index (κ3) is 4.67. The van der Waals surface area contributed by atoms with Gasteiger partial charge in [-0.3, -0.25) is 4.99 Å². The summed E-state index contributed by atoms with van der Waals surface area (Å²) < 4.78 is 12.9. The number of hydrogen-bond donors (Lipinski definition) is 2. The molecule has 0 fully saturated rings. The molecule has 23 heavy (non-hydrogen) atoms. The number of hydrogen-bond acceptors (Lipinski definition) is 3. The molecule has 0 aliphatic heterocycles. The quantitative estimate of drug-likeness (QED) is 0.635. The zero-order valence-electron chi connectivity index (χ0n) is 14.1. The Hall–Kier alpha value is -2.63. The van der Waals surface area contributed by atoms with Crippen molar-refractivity contribution < 1.29 is 9.47 Å². The fraction of sp³-hybridized carbons (Fsp3) is 0.353. The van der Waals surface area contributed by atoms with Crippen molar-refractivity contribution in [2.24, 2.45) is 12.0 Å². The molecule has 1 heterocycles. The van der Waals surface area contributed by atoms with Crippen molar-refractivity contribution in [3.8, 4) is 11.5 Å². The molecule has 1 aromatic carbocycles. The number of nitrogens with zero attached hydrogens (tertiary/aromatic N) is 2. The number of aryl methyl sites for hydroxylation is 1. The van der Waals surface area contributed by atoms with Gasteiger partial charge in [0.1, 0.15) is 0 Å². The molecule has 0 atom stereocenters. The van der Waals surface area contributed by atoms with Crippen LogP contribution >= 0.6 is 0 Å². The lowest BCUT2D eigenvalue weighted by molar-refractivity contribution is 0.311. The summed E-state index contributed by atoms with van der Waals surface area (Å²) in [5.41, 5.74) is 2.08. The maximum atomic E-state index is 5.59. The van der Waals surface area contributed by atoms with Crippen molar-refractivity contribution in [2.45, 2.75) is 13.5 Å². The van der Waals surface area contributed by atoms with Gasteiger partial charge in [0.15, 0.2) is 17.5 Å². The van der Waals surface area contributed by atoms with Crippen LogP contribution in [-0.4, -0.2) is 31.3 Å². The summed E-state index contributed by atoms with van der Waals surface area (Å²) in [4.78, 5) is 4.24. The molecule has 2 N–H and O–H groups in total. The highest BCUT2D eigenvalue weighted by molar-refractivity contribution is 5.93. The number of nitrogens with one attached hydrogen (secondary N) is 2. The van der Waals surface area contributed by atoms with E-state index in [1.165, 1.54) is 5.56 Å². The Bertz CT molecular complexity index is 664. The van der Waals surface area contributed by atoms with Crippen LogP contribution in [0, 0.1) is 0 Å². The number of ether oxygens (including phenoxy) is 2. The lowest BCUT2D eigenvalue weighted by atomic mass is 10.2. The third-order valence-electron chi connectivity index (χ3n) is 3.30. The van der Waals surface area contributed by atoms with Crippen LogP contribution in [-0.2, 0) is 13.6 Å². The van der Waals surface area contributed by atoms with Crippen molar-refractivity contribution in [2.75, 3.05) is 26.1 Å². The monoisotopic (exact) mass is 316 g/mol. The molecule has 1 aromatic heterocycles. The van der Waals surface area contributed by atoms with Crippen LogP contribution in [0.3, 0.4) is 0 Å². The largest absolute Gasteiger partial charge is 0.493 e. The van der Waals surface area contributed by atoms with Gasteiger partial charge in [0.05, 0.1) is 13.7 Å². The zero-order chi connectivity index (χ0) is 16.7. The fourth-order valence-electron chi connectivity index (χ4n) is 2.19. The summed E-state index contributed by atoms with van der Waals surface area (Å²) in [7, 11) is 5.38. The molecule has 0 aliphatic carbocycles. The fourth-order valence-corrected chi connectivity index (χ4v) is 2.19. The van der Waals surface area contributed by atoms with Crippen LogP contribution in [0.25, 0.3) is 0 Å². The van der Waals surface area contributed by atoms with Gasteiger partial charge in [0, 0.05) is 44.8 Å². The minimum Gasteiger partial charge on any atom is -0.493 e. The first-order chi connectivity index (χ1) is 11.2. The van der Waals surface area contributed by atoms with Crippen LogP contribution in [0.2, 0.25) is 0 Å². The van der Waals surface area contributed by atoms with E-state index in [2.05, 4.69) is 27.9 Å². The van der Waals surface area contributed by atoms with Gasteiger partial charge in [-0.15, -0.1) is 0 Å². The normalized spacial score (nSPS) is 11.2. The lowest BCUT2D eigenvalue weighted by Crippen LogP contribution is -2.30. The van der Waals surface area contributed by atoms with Crippen molar-refractivity contribution in [1.29, 1.82) is 0 Å². The van der Waals surface area contributed by atoms with Crippen molar-refractivity contribution in [1.82, 2.24) is 9.88 Å². The van der Waals surface area contributed by atoms with Gasteiger partial charge >= 0.3 is 0 Å². The third-order valence-corrected chi connectivity index (χ3v) is 3.30. The molecule has 2 aromatic rings. The summed E-state index contributed by atoms with van der Waals surface area (Å²) >= 11 is 0. The second-order valence-corrected chi connectivity index (χ2v) is 5.03. The number of rotatable bonds is 6. The summed E-state index contributed by atoms with van der Waals surface area (Å²) in [5, 5.41) is 6.53. The van der Waals surface area contributed by atoms with Gasteiger partial charge in [0.25, 0.3) is 0 Å². The number of benzene rings is 1. The van der Waals surface area contributed by atoms with Crippen molar-refractivity contribution in [3.63, 3.8) is 0 Å². The number of methoxy groups -OCH3 is 1. The SMILES string of the molecule is CCOc1cc(NC(=NC)NCc2ccn(C)c2)ccc1OC. The number of anilines is 1. The molecule has 0 saturated heterocycles. The highest BCUT2D eigenvalue weighted by Gasteiger charge is 2.07. The summed E-state index contributed by atoms with van der Waals surface area (Å²) in [5.74, 6) is 2.12. The molecule has 2 rings (SSSR count). The predicted molar refractivity (Wildman–Crippen MR) is 93.4 cm³/mol. The van der Waals surface area contributed by atoms with E-state index < -0.39 is 0 Å². The first-order valence-electron chi connectivity index (χ1n) is 7.55. The van der Waals surface area contributed by atoms with E-state index in [9.17, 15) is 0 Å². The molecule has 6 heteroatoms. The second-order valence-electron chi connectivity index (χ2n) is 5.03. The van der Waals surface area contributed by atoms with E-state index in [0.29, 0.717) is 30.6 Å². The van der Waals surface area contributed by atoms with E-state index in [0.717, 1.165) is 5.69 Å². The first kappa shape index (κ1) is 16.7. The first-order valence-corrected chi connectivity index (χ1v) is 7.55. The van der Waals surface area contributed by atoms with E-state index in [4.69, 9.17) is 9.47 Å². The predicted octanol–water partition coefficient (Wildman–Crippen LogP) is 2.62. The van der Waals surface area contributed by atoms with Crippen molar-refractivity contribution >= 4 is 11.6 Å². The Kier molecular flexibility index (Phi) is 5.91. The van der Waals surface area contributed by atoms with Gasteiger partial charge in [-0.2, -0.15) is 0 Å². The number of guanidine groups is 1. The highest BCUT2D eigenvalue weighted by Crippen LogP contribution is 2.30. The maximum absolute atomic E-state index is 5.59. The molecule has 6 nitrogen and oxygen atoms in total. The smallest absolute Gasteiger partial charge is 0.195 e. The molecule has 0 saturated carbocycles. The summed E-state index contributed by atoms with van der Waals surface area (Å²) in [6.45, 7) is 3.23. The molecule has 0 amide bonds. The van der Waals surface area contributed by atoms with Crippen molar-refractivity contribution in [3.05, 3.63) is 42.2 Å². The van der Waals surface area contributed by atoms with E-state index in [1.54, 1.807) is 14.2 Å². The zero-order valence-corrected chi connectivity index (χ0v) is 14.1. The summed E-state index contributed by atoms with van der Waals surface area (Å²) in [6, 6.07) is 7.77. The molecular weight excluding hydrogens is 292 g/mol.